The molecule has 2 atom stereocenters. The zero-order valence-electron chi connectivity index (χ0n) is 18.4. The zero-order valence-corrected chi connectivity index (χ0v) is 19.9. The summed E-state index contributed by atoms with van der Waals surface area (Å²) in [6.07, 6.45) is -5.98. The number of aliphatic hydroxyl groups is 2. The average molecular weight is 544 g/mol. The van der Waals surface area contributed by atoms with Gasteiger partial charge in [-0.3, -0.25) is 9.55 Å². The Labute approximate surface area is 211 Å². The van der Waals surface area contributed by atoms with Crippen molar-refractivity contribution in [3.8, 4) is 17.1 Å². The number of benzene rings is 1. The van der Waals surface area contributed by atoms with Gasteiger partial charge in [0.05, 0.1) is 17.3 Å². The third kappa shape index (κ3) is 5.28. The fraction of sp³-hybridized carbons (Fsp3) is 0.286. The second-order valence-corrected chi connectivity index (χ2v) is 8.58. The highest BCUT2D eigenvalue weighted by Gasteiger charge is 2.39. The average Bonchev–Trinajstić information content (AvgIpc) is 3.36. The SMILES string of the molecule is CC(O)c1nc(Cn2nc(-c3ccc(Cl)cc3)n(CC(O)C(F)(F)F)c2=O)nn1-c1ccncc1Cl. The van der Waals surface area contributed by atoms with Gasteiger partial charge in [-0.15, -0.1) is 10.2 Å². The van der Waals surface area contributed by atoms with Gasteiger partial charge in [-0.1, -0.05) is 23.2 Å². The van der Waals surface area contributed by atoms with Gasteiger partial charge in [0, 0.05) is 23.0 Å². The number of aromatic nitrogens is 7. The lowest BCUT2D eigenvalue weighted by atomic mass is 10.2. The van der Waals surface area contributed by atoms with E-state index in [2.05, 4.69) is 20.2 Å². The smallest absolute Gasteiger partial charge is 0.385 e. The van der Waals surface area contributed by atoms with Crippen LogP contribution in [0, 0.1) is 0 Å². The predicted molar refractivity (Wildman–Crippen MR) is 123 cm³/mol. The fourth-order valence-electron chi connectivity index (χ4n) is 3.35. The first-order valence-electron chi connectivity index (χ1n) is 10.4. The van der Waals surface area contributed by atoms with Crippen LogP contribution in [-0.2, 0) is 13.1 Å². The van der Waals surface area contributed by atoms with E-state index in [-0.39, 0.29) is 29.0 Å². The first kappa shape index (κ1) is 25.8. The van der Waals surface area contributed by atoms with Crippen molar-refractivity contribution in [3.63, 3.8) is 0 Å². The molecular formula is C21H18Cl2F3N7O3. The van der Waals surface area contributed by atoms with Gasteiger partial charge in [-0.05, 0) is 37.3 Å². The topological polar surface area (TPSA) is 124 Å². The Morgan fingerprint density at radius 1 is 1.08 bits per heavy atom. The van der Waals surface area contributed by atoms with E-state index in [1.165, 1.54) is 48.3 Å². The van der Waals surface area contributed by atoms with E-state index in [1.807, 2.05) is 0 Å². The van der Waals surface area contributed by atoms with Crippen LogP contribution in [0.25, 0.3) is 17.1 Å². The van der Waals surface area contributed by atoms with Crippen LogP contribution in [0.1, 0.15) is 24.7 Å². The fourth-order valence-corrected chi connectivity index (χ4v) is 3.68. The molecular weight excluding hydrogens is 526 g/mol. The molecule has 0 amide bonds. The van der Waals surface area contributed by atoms with Crippen LogP contribution < -0.4 is 5.69 Å². The summed E-state index contributed by atoms with van der Waals surface area (Å²) in [6.45, 7) is 0.0368. The van der Waals surface area contributed by atoms with Gasteiger partial charge in [-0.2, -0.15) is 13.2 Å². The van der Waals surface area contributed by atoms with E-state index in [9.17, 15) is 28.2 Å². The highest BCUT2D eigenvalue weighted by atomic mass is 35.5. The molecule has 3 heterocycles. The minimum absolute atomic E-state index is 0.0320. The van der Waals surface area contributed by atoms with Crippen molar-refractivity contribution < 1.29 is 23.4 Å². The maximum Gasteiger partial charge on any atom is 0.416 e. The first-order chi connectivity index (χ1) is 17.0. The molecule has 1 aromatic carbocycles. The summed E-state index contributed by atoms with van der Waals surface area (Å²) in [5.74, 6) is 0.0212. The molecule has 2 N–H and O–H groups in total. The first-order valence-corrected chi connectivity index (χ1v) is 11.1. The van der Waals surface area contributed by atoms with E-state index >= 15 is 0 Å². The summed E-state index contributed by atoms with van der Waals surface area (Å²) in [5, 5.41) is 28.9. The zero-order chi connectivity index (χ0) is 26.2. The maximum absolute atomic E-state index is 13.1. The molecule has 4 rings (SSSR count). The Balaban J connectivity index is 1.78. The highest BCUT2D eigenvalue weighted by Crippen LogP contribution is 2.25. The van der Waals surface area contributed by atoms with Crippen molar-refractivity contribution in [2.45, 2.75) is 38.4 Å². The third-order valence-corrected chi connectivity index (χ3v) is 5.62. The van der Waals surface area contributed by atoms with E-state index in [4.69, 9.17) is 23.2 Å². The lowest BCUT2D eigenvalue weighted by Crippen LogP contribution is -2.37. The van der Waals surface area contributed by atoms with Gasteiger partial charge in [0.25, 0.3) is 0 Å². The summed E-state index contributed by atoms with van der Waals surface area (Å²) in [5.41, 5.74) is -0.258. The van der Waals surface area contributed by atoms with Crippen LogP contribution in [0.4, 0.5) is 13.2 Å². The van der Waals surface area contributed by atoms with Gasteiger partial charge < -0.3 is 10.2 Å². The van der Waals surface area contributed by atoms with Gasteiger partial charge in [0.1, 0.15) is 12.6 Å². The summed E-state index contributed by atoms with van der Waals surface area (Å²) >= 11 is 12.1. The normalized spacial score (nSPS) is 13.7. The lowest BCUT2D eigenvalue weighted by molar-refractivity contribution is -0.207. The Morgan fingerprint density at radius 2 is 1.78 bits per heavy atom. The number of hydrogen-bond acceptors (Lipinski definition) is 7. The quantitative estimate of drug-likeness (QED) is 0.367. The second kappa shape index (κ2) is 10.0. The van der Waals surface area contributed by atoms with Crippen LogP contribution in [-0.4, -0.2) is 56.6 Å². The second-order valence-electron chi connectivity index (χ2n) is 7.74. The molecule has 36 heavy (non-hydrogen) atoms. The van der Waals surface area contributed by atoms with Crippen molar-refractivity contribution in [1.29, 1.82) is 0 Å². The highest BCUT2D eigenvalue weighted by molar-refractivity contribution is 6.32. The Hall–Kier alpha value is -3.26. The molecule has 2 unspecified atom stereocenters. The largest absolute Gasteiger partial charge is 0.416 e. The molecule has 0 fully saturated rings. The van der Waals surface area contributed by atoms with Gasteiger partial charge in [0.15, 0.2) is 23.6 Å². The number of nitrogens with zero attached hydrogens (tertiary/aromatic N) is 7. The molecule has 0 saturated carbocycles. The van der Waals surface area contributed by atoms with Crippen molar-refractivity contribution in [1.82, 2.24) is 34.1 Å². The van der Waals surface area contributed by atoms with E-state index in [0.29, 0.717) is 20.8 Å². The number of aliphatic hydroxyl groups excluding tert-OH is 2. The Bertz CT molecular complexity index is 1430. The minimum atomic E-state index is -4.95. The summed E-state index contributed by atoms with van der Waals surface area (Å²) in [6, 6.07) is 7.48. The molecule has 3 aromatic heterocycles. The van der Waals surface area contributed by atoms with E-state index in [1.54, 1.807) is 6.07 Å². The van der Waals surface area contributed by atoms with Crippen LogP contribution in [0.2, 0.25) is 10.0 Å². The predicted octanol–water partition coefficient (Wildman–Crippen LogP) is 3.02. The van der Waals surface area contributed by atoms with Crippen LogP contribution >= 0.6 is 23.2 Å². The number of halogens is 5. The molecule has 0 saturated heterocycles. The van der Waals surface area contributed by atoms with Gasteiger partial charge in [0.2, 0.25) is 0 Å². The maximum atomic E-state index is 13.1. The molecule has 0 aliphatic carbocycles. The standard InChI is InChI=1S/C21H18Cl2F3N7O3/c1-11(34)18-28-17(29-33(18)15-6-7-27-8-14(15)23)10-32-20(36)31(9-16(35)21(24,25)26)19(30-32)12-2-4-13(22)5-3-12/h2-8,11,16,34-35H,9-10H2,1H3. The molecule has 10 nitrogen and oxygen atoms in total. The summed E-state index contributed by atoms with van der Waals surface area (Å²) in [4.78, 5) is 21.2. The molecule has 0 radical (unpaired) electrons. The summed E-state index contributed by atoms with van der Waals surface area (Å²) < 4.78 is 42.0. The van der Waals surface area contributed by atoms with Crippen molar-refractivity contribution in [2.24, 2.45) is 0 Å². The molecule has 0 spiro atoms. The molecule has 15 heteroatoms. The lowest BCUT2D eigenvalue weighted by Gasteiger charge is -2.15. The number of alkyl halides is 3. The van der Waals surface area contributed by atoms with Crippen LogP contribution in [0.5, 0.6) is 0 Å². The Kier molecular flexibility index (Phi) is 7.18. The number of pyridine rings is 1. The number of rotatable bonds is 7. The van der Waals surface area contributed by atoms with E-state index in [0.717, 1.165) is 4.68 Å². The molecule has 0 bridgehead atoms. The van der Waals surface area contributed by atoms with Crippen LogP contribution in [0.15, 0.2) is 47.5 Å². The van der Waals surface area contributed by atoms with Crippen molar-refractivity contribution in [3.05, 3.63) is 74.9 Å². The summed E-state index contributed by atoms with van der Waals surface area (Å²) in [7, 11) is 0. The van der Waals surface area contributed by atoms with E-state index < -0.39 is 30.6 Å². The molecule has 4 aromatic rings. The third-order valence-electron chi connectivity index (χ3n) is 5.08. The minimum Gasteiger partial charge on any atom is -0.385 e. The molecule has 190 valence electrons. The molecule has 0 aliphatic rings. The van der Waals surface area contributed by atoms with Crippen molar-refractivity contribution >= 4 is 23.2 Å². The van der Waals surface area contributed by atoms with Crippen molar-refractivity contribution in [2.75, 3.05) is 0 Å². The van der Waals surface area contributed by atoms with Gasteiger partial charge in [-0.25, -0.2) is 19.1 Å². The Morgan fingerprint density at radius 3 is 2.39 bits per heavy atom. The monoisotopic (exact) mass is 543 g/mol. The number of hydrogen-bond donors (Lipinski definition) is 2. The van der Waals surface area contributed by atoms with Crippen LogP contribution in [0.3, 0.4) is 0 Å². The van der Waals surface area contributed by atoms with Gasteiger partial charge >= 0.3 is 11.9 Å². The molecule has 0 aliphatic heterocycles.